The predicted molar refractivity (Wildman–Crippen MR) is 140 cm³/mol. The third-order valence-electron chi connectivity index (χ3n) is 6.03. The number of hydrogen-bond donors (Lipinski definition) is 3. The quantitative estimate of drug-likeness (QED) is 0.361. The fourth-order valence-electron chi connectivity index (χ4n) is 4.75. The van der Waals surface area contributed by atoms with Gasteiger partial charge in [-0.05, 0) is 32.9 Å². The highest BCUT2D eigenvalue weighted by Gasteiger charge is 2.25. The van der Waals surface area contributed by atoms with E-state index in [4.69, 9.17) is 0 Å². The molecule has 0 saturated carbocycles. The number of aryl methyl sites for hydroxylation is 1. The lowest BCUT2D eigenvalue weighted by Crippen LogP contribution is -2.54. The van der Waals surface area contributed by atoms with Crippen molar-refractivity contribution in [2.75, 3.05) is 34.3 Å². The van der Waals surface area contributed by atoms with Crippen molar-refractivity contribution in [2.24, 2.45) is 0 Å². The number of anilines is 3. The van der Waals surface area contributed by atoms with Gasteiger partial charge in [0, 0.05) is 60.9 Å². The number of sulfonamides is 1. The molecule has 4 heterocycles. The van der Waals surface area contributed by atoms with Crippen LogP contribution in [0.4, 0.5) is 21.7 Å². The van der Waals surface area contributed by atoms with Crippen LogP contribution >= 0.6 is 0 Å². The summed E-state index contributed by atoms with van der Waals surface area (Å²) >= 11 is 0. The van der Waals surface area contributed by atoms with E-state index in [0.717, 1.165) is 25.0 Å². The van der Waals surface area contributed by atoms with Crippen LogP contribution < -0.4 is 20.3 Å². The summed E-state index contributed by atoms with van der Waals surface area (Å²) in [4.78, 5) is 28.3. The van der Waals surface area contributed by atoms with Crippen LogP contribution in [-0.4, -0.2) is 65.1 Å². The van der Waals surface area contributed by atoms with Crippen molar-refractivity contribution in [2.45, 2.75) is 32.9 Å². The molecule has 1 fully saturated rings. The number of benzene rings is 1. The number of nitrogens with one attached hydrogen (secondary N) is 3. The van der Waals surface area contributed by atoms with E-state index in [2.05, 4.69) is 49.1 Å². The highest BCUT2D eigenvalue weighted by Crippen LogP contribution is 2.31. The van der Waals surface area contributed by atoms with Crippen LogP contribution in [0.25, 0.3) is 16.6 Å². The number of amides is 1. The van der Waals surface area contributed by atoms with E-state index >= 15 is 0 Å². The van der Waals surface area contributed by atoms with Crippen LogP contribution in [0.1, 0.15) is 29.9 Å². The Labute approximate surface area is 213 Å². The molecule has 1 aromatic carbocycles. The first-order chi connectivity index (χ1) is 17.5. The Morgan fingerprint density at radius 3 is 2.59 bits per heavy atom. The maximum Gasteiger partial charge on any atom is 0.257 e. The van der Waals surface area contributed by atoms with Crippen molar-refractivity contribution in [3.63, 3.8) is 0 Å². The number of halogens is 1. The standard InChI is InChI=1S/C24H27FN8O3S/c1-13-9-32(10-14(2)27-13)20-6-5-17(21-18(20)8-26-24(30-21)31-37(4,35)36)23(34)29-16-7-19(25)22-28-15(3)11-33(22)12-16/h5-8,11-14,27H,9-10H2,1-4H3,(H,29,34)(H,26,30,31). The summed E-state index contributed by atoms with van der Waals surface area (Å²) in [5.41, 5.74) is 2.33. The van der Waals surface area contributed by atoms with Crippen molar-refractivity contribution in [1.29, 1.82) is 0 Å². The minimum absolute atomic E-state index is 0.149. The average molecular weight is 527 g/mol. The lowest BCUT2D eigenvalue weighted by Gasteiger charge is -2.38. The molecule has 4 aromatic rings. The zero-order valence-electron chi connectivity index (χ0n) is 20.8. The van der Waals surface area contributed by atoms with Crippen molar-refractivity contribution < 1.29 is 17.6 Å². The van der Waals surface area contributed by atoms with E-state index in [1.165, 1.54) is 16.7 Å². The van der Waals surface area contributed by atoms with Crippen molar-refractivity contribution >= 4 is 49.8 Å². The molecule has 0 bridgehead atoms. The molecule has 2 atom stereocenters. The number of pyridine rings is 1. The number of fused-ring (bicyclic) bond motifs is 2. The zero-order valence-corrected chi connectivity index (χ0v) is 21.6. The summed E-state index contributed by atoms with van der Waals surface area (Å²) in [6, 6.07) is 5.15. The Kier molecular flexibility index (Phi) is 6.20. The molecule has 3 N–H and O–H groups in total. The Morgan fingerprint density at radius 2 is 1.89 bits per heavy atom. The van der Waals surface area contributed by atoms with E-state index in [1.807, 2.05) is 6.07 Å². The van der Waals surface area contributed by atoms with Gasteiger partial charge in [-0.25, -0.2) is 27.8 Å². The fraction of sp³-hybridized carbons (Fsp3) is 0.333. The first-order valence-corrected chi connectivity index (χ1v) is 13.6. The Balaban J connectivity index is 1.58. The van der Waals surface area contributed by atoms with Gasteiger partial charge in [0.1, 0.15) is 0 Å². The molecule has 0 aliphatic carbocycles. The molecule has 1 aliphatic rings. The zero-order chi connectivity index (χ0) is 26.5. The van der Waals surface area contributed by atoms with Gasteiger partial charge in [-0.3, -0.25) is 9.52 Å². The van der Waals surface area contributed by atoms with Gasteiger partial charge >= 0.3 is 0 Å². The normalized spacial score (nSPS) is 18.4. The number of piperazine rings is 1. The smallest absolute Gasteiger partial charge is 0.257 e. The van der Waals surface area contributed by atoms with Gasteiger partial charge in [-0.1, -0.05) is 0 Å². The van der Waals surface area contributed by atoms with Crippen LogP contribution in [-0.2, 0) is 10.0 Å². The van der Waals surface area contributed by atoms with E-state index in [1.54, 1.807) is 25.4 Å². The van der Waals surface area contributed by atoms with Gasteiger partial charge in [-0.15, -0.1) is 0 Å². The van der Waals surface area contributed by atoms with E-state index in [9.17, 15) is 17.6 Å². The number of carbonyl (C=O) groups is 1. The molecule has 2 unspecified atom stereocenters. The number of carbonyl (C=O) groups excluding carboxylic acids is 1. The second kappa shape index (κ2) is 9.23. The molecule has 37 heavy (non-hydrogen) atoms. The molecule has 0 radical (unpaired) electrons. The summed E-state index contributed by atoms with van der Waals surface area (Å²) < 4.78 is 41.9. The lowest BCUT2D eigenvalue weighted by molar-refractivity contribution is 0.102. The lowest BCUT2D eigenvalue weighted by atomic mass is 10.0. The van der Waals surface area contributed by atoms with Crippen molar-refractivity contribution in [3.8, 4) is 0 Å². The number of nitrogens with zero attached hydrogens (tertiary/aromatic N) is 5. The molecule has 13 heteroatoms. The van der Waals surface area contributed by atoms with E-state index < -0.39 is 21.7 Å². The summed E-state index contributed by atoms with van der Waals surface area (Å²) in [6.45, 7) is 7.40. The van der Waals surface area contributed by atoms with Gasteiger partial charge in [0.15, 0.2) is 11.5 Å². The first kappa shape index (κ1) is 24.8. The van der Waals surface area contributed by atoms with Crippen LogP contribution in [0.15, 0.2) is 36.8 Å². The van der Waals surface area contributed by atoms with Gasteiger partial charge in [-0.2, -0.15) is 0 Å². The highest BCUT2D eigenvalue weighted by atomic mass is 32.2. The second-order valence-electron chi connectivity index (χ2n) is 9.48. The molecule has 1 saturated heterocycles. The molecule has 1 amide bonds. The summed E-state index contributed by atoms with van der Waals surface area (Å²) in [7, 11) is -3.64. The Hall–Kier alpha value is -3.84. The van der Waals surface area contributed by atoms with Crippen LogP contribution in [0.3, 0.4) is 0 Å². The maximum atomic E-state index is 14.6. The molecule has 11 nitrogen and oxygen atoms in total. The van der Waals surface area contributed by atoms with Crippen LogP contribution in [0.2, 0.25) is 0 Å². The maximum absolute atomic E-state index is 14.6. The molecule has 194 valence electrons. The monoisotopic (exact) mass is 526 g/mol. The molecule has 3 aromatic heterocycles. The second-order valence-corrected chi connectivity index (χ2v) is 11.2. The van der Waals surface area contributed by atoms with E-state index in [0.29, 0.717) is 11.1 Å². The largest absolute Gasteiger partial charge is 0.368 e. The third kappa shape index (κ3) is 5.18. The van der Waals surface area contributed by atoms with Crippen molar-refractivity contribution in [1.82, 2.24) is 24.7 Å². The highest BCUT2D eigenvalue weighted by molar-refractivity contribution is 7.91. The molecular weight excluding hydrogens is 499 g/mol. The Bertz CT molecular complexity index is 1630. The minimum Gasteiger partial charge on any atom is -0.368 e. The molecular formula is C24H27FN8O3S. The molecule has 0 spiro atoms. The SMILES string of the molecule is Cc1cn2cc(NC(=O)c3ccc(N4CC(C)NC(C)C4)c4cnc(NS(C)(=O)=O)nc34)cc(F)c2n1. The van der Waals surface area contributed by atoms with Crippen LogP contribution in [0, 0.1) is 12.7 Å². The first-order valence-electron chi connectivity index (χ1n) is 11.7. The van der Waals surface area contributed by atoms with Gasteiger partial charge < -0.3 is 19.9 Å². The molecule has 1 aliphatic heterocycles. The summed E-state index contributed by atoms with van der Waals surface area (Å²) in [5, 5.41) is 6.81. The minimum atomic E-state index is -3.64. The van der Waals surface area contributed by atoms with Gasteiger partial charge in [0.25, 0.3) is 5.91 Å². The fourth-order valence-corrected chi connectivity index (χ4v) is 5.18. The topological polar surface area (TPSA) is 134 Å². The predicted octanol–water partition coefficient (Wildman–Crippen LogP) is 2.54. The number of rotatable bonds is 5. The van der Waals surface area contributed by atoms with Gasteiger partial charge in [0.05, 0.1) is 28.7 Å². The van der Waals surface area contributed by atoms with Gasteiger partial charge in [0.2, 0.25) is 16.0 Å². The summed E-state index contributed by atoms with van der Waals surface area (Å²) in [6.07, 6.45) is 5.74. The number of hydrogen-bond acceptors (Lipinski definition) is 8. The Morgan fingerprint density at radius 1 is 1.16 bits per heavy atom. The number of aromatic nitrogens is 4. The van der Waals surface area contributed by atoms with E-state index in [-0.39, 0.29) is 40.4 Å². The number of imidazole rings is 1. The third-order valence-corrected chi connectivity index (χ3v) is 6.59. The average Bonchev–Trinajstić information content (AvgIpc) is 3.17. The van der Waals surface area contributed by atoms with Crippen LogP contribution in [0.5, 0.6) is 0 Å². The summed E-state index contributed by atoms with van der Waals surface area (Å²) in [5.74, 6) is -1.25. The van der Waals surface area contributed by atoms with Crippen molar-refractivity contribution in [3.05, 3.63) is 53.9 Å². The molecule has 5 rings (SSSR count).